The van der Waals surface area contributed by atoms with Crippen molar-refractivity contribution in [2.24, 2.45) is 0 Å². The van der Waals surface area contributed by atoms with E-state index >= 15 is 0 Å². The first-order chi connectivity index (χ1) is 6.16. The Balaban J connectivity index is 2.72. The number of amides is 1. The highest BCUT2D eigenvalue weighted by Gasteiger charge is 2.27. The van der Waals surface area contributed by atoms with E-state index in [1.807, 2.05) is 11.8 Å². The first kappa shape index (κ1) is 9.85. The third kappa shape index (κ3) is 2.12. The number of hydrogen-bond acceptors (Lipinski definition) is 1. The Morgan fingerprint density at radius 3 is 2.85 bits per heavy atom. The van der Waals surface area contributed by atoms with Gasteiger partial charge in [-0.1, -0.05) is 18.1 Å². The topological polar surface area (TPSA) is 20.3 Å². The molecule has 1 aliphatic rings. The number of nitrogens with zero attached hydrogens (tertiary/aromatic N) is 1. The van der Waals surface area contributed by atoms with Gasteiger partial charge in [0, 0.05) is 6.54 Å². The molecule has 0 aromatic rings. The van der Waals surface area contributed by atoms with Gasteiger partial charge in [-0.05, 0) is 32.6 Å². The van der Waals surface area contributed by atoms with Gasteiger partial charge in [0.15, 0.2) is 0 Å². The summed E-state index contributed by atoms with van der Waals surface area (Å²) in [6.45, 7) is 8.36. The summed E-state index contributed by atoms with van der Waals surface area (Å²) in [6, 6.07) is 0.216. The molecule has 1 saturated heterocycles. The van der Waals surface area contributed by atoms with Gasteiger partial charge in [0.2, 0.25) is 0 Å². The van der Waals surface area contributed by atoms with Crippen LogP contribution in [0.4, 0.5) is 0 Å². The van der Waals surface area contributed by atoms with Crippen LogP contribution in [0.25, 0.3) is 0 Å². The fourth-order valence-electron chi connectivity index (χ4n) is 1.70. The highest BCUT2D eigenvalue weighted by molar-refractivity contribution is 5.94. The zero-order valence-corrected chi connectivity index (χ0v) is 8.26. The third-order valence-electron chi connectivity index (χ3n) is 2.31. The highest BCUT2D eigenvalue weighted by Crippen LogP contribution is 2.22. The summed E-state index contributed by atoms with van der Waals surface area (Å²) in [5.74, 6) is 5.14. The van der Waals surface area contributed by atoms with Gasteiger partial charge in [-0.25, -0.2) is 0 Å². The first-order valence-electron chi connectivity index (χ1n) is 4.55. The molecule has 13 heavy (non-hydrogen) atoms. The van der Waals surface area contributed by atoms with Crippen molar-refractivity contribution in [2.45, 2.75) is 32.7 Å². The van der Waals surface area contributed by atoms with Crippen LogP contribution in [0.2, 0.25) is 0 Å². The van der Waals surface area contributed by atoms with Crippen LogP contribution in [-0.2, 0) is 4.79 Å². The van der Waals surface area contributed by atoms with Crippen molar-refractivity contribution in [2.75, 3.05) is 6.54 Å². The van der Waals surface area contributed by atoms with Crippen molar-refractivity contribution in [1.29, 1.82) is 0 Å². The van der Waals surface area contributed by atoms with Crippen LogP contribution < -0.4 is 0 Å². The lowest BCUT2D eigenvalue weighted by Crippen LogP contribution is -2.35. The number of rotatable bonds is 1. The van der Waals surface area contributed by atoms with Crippen LogP contribution in [0.15, 0.2) is 12.2 Å². The van der Waals surface area contributed by atoms with E-state index in [-0.39, 0.29) is 11.9 Å². The van der Waals surface area contributed by atoms with Crippen molar-refractivity contribution in [3.63, 3.8) is 0 Å². The number of hydrogen-bond donors (Lipinski definition) is 0. The molecule has 0 bridgehead atoms. The van der Waals surface area contributed by atoms with Gasteiger partial charge in [-0.15, -0.1) is 0 Å². The largest absolute Gasteiger partial charge is 0.325 e. The normalized spacial score (nSPS) is 20.8. The first-order valence-corrected chi connectivity index (χ1v) is 4.55. The number of carbonyl (C=O) groups is 1. The summed E-state index contributed by atoms with van der Waals surface area (Å²) in [6.07, 6.45) is 2.10. The van der Waals surface area contributed by atoms with Crippen LogP contribution >= 0.6 is 0 Å². The van der Waals surface area contributed by atoms with E-state index in [9.17, 15) is 4.79 Å². The molecule has 70 valence electrons. The molecule has 0 aliphatic carbocycles. The van der Waals surface area contributed by atoms with Gasteiger partial charge in [0.05, 0.1) is 6.04 Å². The molecule has 1 fully saturated rings. The van der Waals surface area contributed by atoms with Gasteiger partial charge in [0.25, 0.3) is 5.91 Å². The molecule has 1 atom stereocenters. The van der Waals surface area contributed by atoms with Crippen LogP contribution in [0.1, 0.15) is 26.7 Å². The Kier molecular flexibility index (Phi) is 3.13. The molecule has 1 rings (SSSR count). The van der Waals surface area contributed by atoms with E-state index in [1.54, 1.807) is 6.92 Å². The third-order valence-corrected chi connectivity index (χ3v) is 2.31. The highest BCUT2D eigenvalue weighted by atomic mass is 16.2. The molecule has 0 aromatic carbocycles. The van der Waals surface area contributed by atoms with Gasteiger partial charge < -0.3 is 4.90 Å². The van der Waals surface area contributed by atoms with E-state index < -0.39 is 0 Å². The van der Waals surface area contributed by atoms with Crippen LogP contribution in [0, 0.1) is 11.8 Å². The lowest BCUT2D eigenvalue weighted by atomic mass is 10.1. The fourth-order valence-corrected chi connectivity index (χ4v) is 1.70. The molecular formula is C11H15NO. The summed E-state index contributed by atoms with van der Waals surface area (Å²) in [5.41, 5.74) is 1.06. The summed E-state index contributed by atoms with van der Waals surface area (Å²) in [7, 11) is 0. The molecule has 2 heteroatoms. The molecule has 1 amide bonds. The van der Waals surface area contributed by atoms with Crippen molar-refractivity contribution >= 4 is 5.91 Å². The summed E-state index contributed by atoms with van der Waals surface area (Å²) in [5, 5.41) is 0. The molecule has 0 unspecified atom stereocenters. The maximum Gasteiger partial charge on any atom is 0.298 e. The van der Waals surface area contributed by atoms with E-state index in [2.05, 4.69) is 18.4 Å². The van der Waals surface area contributed by atoms with E-state index in [0.717, 1.165) is 25.0 Å². The number of carbonyl (C=O) groups excluding carboxylic acids is 1. The monoisotopic (exact) mass is 177 g/mol. The second kappa shape index (κ2) is 4.13. The predicted molar refractivity (Wildman–Crippen MR) is 53.0 cm³/mol. The smallest absolute Gasteiger partial charge is 0.298 e. The Hall–Kier alpha value is -1.23. The summed E-state index contributed by atoms with van der Waals surface area (Å²) in [4.78, 5) is 13.3. The van der Waals surface area contributed by atoms with Gasteiger partial charge in [-0.2, -0.15) is 0 Å². The minimum absolute atomic E-state index is 0.0620. The average molecular weight is 177 g/mol. The zero-order chi connectivity index (χ0) is 9.84. The average Bonchev–Trinajstić information content (AvgIpc) is 2.52. The van der Waals surface area contributed by atoms with Crippen LogP contribution in [0.3, 0.4) is 0 Å². The van der Waals surface area contributed by atoms with E-state index in [0.29, 0.717) is 0 Å². The molecule has 0 radical (unpaired) electrons. The maximum atomic E-state index is 11.5. The molecule has 2 nitrogen and oxygen atoms in total. The van der Waals surface area contributed by atoms with E-state index in [4.69, 9.17) is 0 Å². The van der Waals surface area contributed by atoms with Gasteiger partial charge in [0.1, 0.15) is 0 Å². The molecular weight excluding hydrogens is 162 g/mol. The zero-order valence-electron chi connectivity index (χ0n) is 8.26. The minimum atomic E-state index is -0.0620. The lowest BCUT2D eigenvalue weighted by molar-refractivity contribution is -0.125. The van der Waals surface area contributed by atoms with Gasteiger partial charge in [-0.3, -0.25) is 4.79 Å². The second-order valence-electron chi connectivity index (χ2n) is 3.38. The second-order valence-corrected chi connectivity index (χ2v) is 3.38. The lowest BCUT2D eigenvalue weighted by Gasteiger charge is -2.22. The predicted octanol–water partition coefficient (Wildman–Crippen LogP) is 1.58. The van der Waals surface area contributed by atoms with Crippen molar-refractivity contribution in [1.82, 2.24) is 4.90 Å². The standard InChI is InChI=1S/C11H15NO/c1-4-6-11(13)12-8-5-7-10(12)9(2)3/h10H,2,5,7-8H2,1,3H3/t10-/m0/s1. The van der Waals surface area contributed by atoms with Crippen molar-refractivity contribution < 1.29 is 4.79 Å². The Bertz CT molecular complexity index is 282. The number of likely N-dealkylation sites (tertiary alicyclic amines) is 1. The quantitative estimate of drug-likeness (QED) is 0.440. The maximum absolute atomic E-state index is 11.5. The Morgan fingerprint density at radius 2 is 2.31 bits per heavy atom. The molecule has 0 aromatic heterocycles. The SMILES string of the molecule is C=C(C)[C@@H]1CCCN1C(=O)C#CC. The van der Waals surface area contributed by atoms with Crippen LogP contribution in [0.5, 0.6) is 0 Å². The molecule has 1 heterocycles. The summed E-state index contributed by atoms with van der Waals surface area (Å²) < 4.78 is 0. The van der Waals surface area contributed by atoms with Crippen molar-refractivity contribution in [3.05, 3.63) is 12.2 Å². The van der Waals surface area contributed by atoms with Gasteiger partial charge >= 0.3 is 0 Å². The molecule has 0 N–H and O–H groups in total. The minimum Gasteiger partial charge on any atom is -0.325 e. The van der Waals surface area contributed by atoms with Crippen molar-refractivity contribution in [3.8, 4) is 11.8 Å². The van der Waals surface area contributed by atoms with Crippen LogP contribution in [-0.4, -0.2) is 23.4 Å². The van der Waals surface area contributed by atoms with E-state index in [1.165, 1.54) is 0 Å². The Labute approximate surface area is 79.6 Å². The fraction of sp³-hybridized carbons (Fsp3) is 0.545. The molecule has 1 aliphatic heterocycles. The molecule has 0 saturated carbocycles. The Morgan fingerprint density at radius 1 is 1.62 bits per heavy atom. The molecule has 0 spiro atoms. The summed E-state index contributed by atoms with van der Waals surface area (Å²) >= 11 is 0.